The molecule has 126 valence electrons. The van der Waals surface area contributed by atoms with Crippen LogP contribution in [0.2, 0.25) is 0 Å². The minimum atomic E-state index is -0.351. The summed E-state index contributed by atoms with van der Waals surface area (Å²) in [5.74, 6) is 0.398. The number of pyridine rings is 1. The van der Waals surface area contributed by atoms with Crippen LogP contribution in [0.15, 0.2) is 42.6 Å². The van der Waals surface area contributed by atoms with Crippen LogP contribution in [0.4, 0.5) is 11.5 Å². The van der Waals surface area contributed by atoms with Gasteiger partial charge in [-0.3, -0.25) is 5.10 Å². The van der Waals surface area contributed by atoms with Gasteiger partial charge < -0.3 is 10.1 Å². The van der Waals surface area contributed by atoms with Crippen molar-refractivity contribution < 1.29 is 9.53 Å². The number of benzene rings is 1. The van der Waals surface area contributed by atoms with E-state index in [-0.39, 0.29) is 5.97 Å². The first kappa shape index (κ1) is 15.4. The maximum Gasteiger partial charge on any atom is 0.356 e. The van der Waals surface area contributed by atoms with Crippen LogP contribution in [0.3, 0.4) is 0 Å². The highest BCUT2D eigenvalue weighted by molar-refractivity contribution is 5.92. The molecule has 3 aromatic rings. The van der Waals surface area contributed by atoms with Crippen LogP contribution in [0.1, 0.15) is 28.5 Å². The van der Waals surface area contributed by atoms with Crippen molar-refractivity contribution in [2.75, 3.05) is 11.9 Å². The monoisotopic (exact) mass is 334 g/mol. The Bertz CT molecular complexity index is 918. The third-order valence-corrected chi connectivity index (χ3v) is 4.28. The predicted octanol–water partition coefficient (Wildman–Crippen LogP) is 3.49. The van der Waals surface area contributed by atoms with E-state index in [0.717, 1.165) is 46.7 Å². The highest BCUT2D eigenvalue weighted by Crippen LogP contribution is 2.35. The standard InChI is InChI=1S/C19H18N4O2/c1-2-25-19(24)18-14-9-8-12-11-20-16(10-15(12)17(14)22-23-18)21-13-6-4-3-5-7-13/h3-7,10-11H,2,8-9H2,1H3,(H,20,21)(H,22,23). The highest BCUT2D eigenvalue weighted by Gasteiger charge is 2.26. The van der Waals surface area contributed by atoms with Crippen LogP contribution in [0.5, 0.6) is 0 Å². The Kier molecular flexibility index (Phi) is 3.93. The molecule has 0 spiro atoms. The van der Waals surface area contributed by atoms with Gasteiger partial charge in [0.15, 0.2) is 0 Å². The molecule has 25 heavy (non-hydrogen) atoms. The van der Waals surface area contributed by atoms with Crippen molar-refractivity contribution in [2.45, 2.75) is 19.8 Å². The minimum absolute atomic E-state index is 0.346. The summed E-state index contributed by atoms with van der Waals surface area (Å²) in [6.07, 6.45) is 3.45. The zero-order valence-electron chi connectivity index (χ0n) is 13.9. The summed E-state index contributed by atoms with van der Waals surface area (Å²) in [5.41, 5.74) is 5.29. The van der Waals surface area contributed by atoms with Crippen molar-refractivity contribution in [3.63, 3.8) is 0 Å². The molecule has 1 aromatic carbocycles. The lowest BCUT2D eigenvalue weighted by molar-refractivity contribution is 0.0518. The van der Waals surface area contributed by atoms with E-state index in [4.69, 9.17) is 4.74 Å². The first-order valence-electron chi connectivity index (χ1n) is 8.32. The van der Waals surface area contributed by atoms with E-state index in [2.05, 4.69) is 20.5 Å². The van der Waals surface area contributed by atoms with E-state index in [1.165, 1.54) is 0 Å². The lowest BCUT2D eigenvalue weighted by Gasteiger charge is -2.17. The average Bonchev–Trinajstić information content (AvgIpc) is 3.07. The van der Waals surface area contributed by atoms with Crippen molar-refractivity contribution in [3.05, 3.63) is 59.4 Å². The van der Waals surface area contributed by atoms with Crippen LogP contribution < -0.4 is 5.32 Å². The first-order valence-corrected chi connectivity index (χ1v) is 8.32. The third kappa shape index (κ3) is 2.87. The number of carbonyl (C=O) groups excluding carboxylic acids is 1. The topological polar surface area (TPSA) is 79.9 Å². The van der Waals surface area contributed by atoms with Gasteiger partial charge in [-0.1, -0.05) is 18.2 Å². The summed E-state index contributed by atoms with van der Waals surface area (Å²) in [7, 11) is 0. The number of ether oxygens (including phenoxy) is 1. The lowest BCUT2D eigenvalue weighted by atomic mass is 9.90. The van der Waals surface area contributed by atoms with Crippen LogP contribution in [0, 0.1) is 0 Å². The molecule has 0 amide bonds. The summed E-state index contributed by atoms with van der Waals surface area (Å²) in [5, 5.41) is 10.5. The Morgan fingerprint density at radius 1 is 1.28 bits per heavy atom. The second-order valence-corrected chi connectivity index (χ2v) is 5.86. The van der Waals surface area contributed by atoms with E-state index in [0.29, 0.717) is 12.3 Å². The van der Waals surface area contributed by atoms with Gasteiger partial charge in [-0.2, -0.15) is 5.10 Å². The van der Waals surface area contributed by atoms with Crippen molar-refractivity contribution in [1.29, 1.82) is 0 Å². The van der Waals surface area contributed by atoms with Crippen LogP contribution in [-0.4, -0.2) is 27.8 Å². The highest BCUT2D eigenvalue weighted by atomic mass is 16.5. The molecule has 6 nitrogen and oxygen atoms in total. The fraction of sp³-hybridized carbons (Fsp3) is 0.211. The SMILES string of the molecule is CCOC(=O)c1[nH]nc2c1CCc1cnc(Nc3ccccc3)cc1-2. The fourth-order valence-electron chi connectivity index (χ4n) is 3.10. The number of esters is 1. The van der Waals surface area contributed by atoms with Gasteiger partial charge in [0.25, 0.3) is 0 Å². The van der Waals surface area contributed by atoms with Gasteiger partial charge in [0.1, 0.15) is 11.5 Å². The number of para-hydroxylation sites is 1. The number of aromatic amines is 1. The number of carbonyl (C=O) groups is 1. The van der Waals surface area contributed by atoms with E-state index in [1.54, 1.807) is 6.92 Å². The molecule has 1 aliphatic rings. The van der Waals surface area contributed by atoms with E-state index < -0.39 is 0 Å². The van der Waals surface area contributed by atoms with Crippen LogP contribution in [0.25, 0.3) is 11.3 Å². The first-order chi connectivity index (χ1) is 12.3. The number of rotatable bonds is 4. The molecule has 4 rings (SSSR count). The van der Waals surface area contributed by atoms with Gasteiger partial charge >= 0.3 is 5.97 Å². The summed E-state index contributed by atoms with van der Waals surface area (Å²) in [6.45, 7) is 2.14. The number of hydrogen-bond acceptors (Lipinski definition) is 5. The quantitative estimate of drug-likeness (QED) is 0.714. The molecule has 0 saturated carbocycles. The van der Waals surface area contributed by atoms with E-state index in [9.17, 15) is 4.79 Å². The Balaban J connectivity index is 1.69. The summed E-state index contributed by atoms with van der Waals surface area (Å²) >= 11 is 0. The number of H-pyrrole nitrogens is 1. The van der Waals surface area contributed by atoms with Gasteiger partial charge in [0, 0.05) is 23.0 Å². The van der Waals surface area contributed by atoms with Crippen molar-refractivity contribution in [2.24, 2.45) is 0 Å². The predicted molar refractivity (Wildman–Crippen MR) is 94.9 cm³/mol. The molecule has 2 heterocycles. The van der Waals surface area contributed by atoms with Crippen molar-refractivity contribution >= 4 is 17.5 Å². The van der Waals surface area contributed by atoms with Crippen LogP contribution in [-0.2, 0) is 17.6 Å². The van der Waals surface area contributed by atoms with Gasteiger partial charge in [0.05, 0.1) is 12.3 Å². The number of nitrogens with one attached hydrogen (secondary N) is 2. The Labute approximate surface area is 145 Å². The second kappa shape index (κ2) is 6.39. The molecule has 6 heteroatoms. The second-order valence-electron chi connectivity index (χ2n) is 5.86. The zero-order chi connectivity index (χ0) is 17.2. The van der Waals surface area contributed by atoms with Gasteiger partial charge in [-0.25, -0.2) is 9.78 Å². The molecular weight excluding hydrogens is 316 g/mol. The van der Waals surface area contributed by atoms with E-state index >= 15 is 0 Å². The van der Waals surface area contributed by atoms with Crippen LogP contribution >= 0.6 is 0 Å². The molecule has 2 N–H and O–H groups in total. The summed E-state index contributed by atoms with van der Waals surface area (Å²) < 4.78 is 5.11. The number of nitrogens with zero attached hydrogens (tertiary/aromatic N) is 2. The largest absolute Gasteiger partial charge is 0.461 e. The number of anilines is 2. The zero-order valence-corrected chi connectivity index (χ0v) is 13.9. The molecule has 1 aliphatic carbocycles. The minimum Gasteiger partial charge on any atom is -0.461 e. The Morgan fingerprint density at radius 2 is 2.12 bits per heavy atom. The lowest BCUT2D eigenvalue weighted by Crippen LogP contribution is -2.11. The smallest absolute Gasteiger partial charge is 0.356 e. The van der Waals surface area contributed by atoms with Gasteiger partial charge in [-0.05, 0) is 43.5 Å². The molecule has 0 atom stereocenters. The molecule has 0 bridgehead atoms. The molecule has 0 aliphatic heterocycles. The van der Waals surface area contributed by atoms with Crippen molar-refractivity contribution in [3.8, 4) is 11.3 Å². The number of fused-ring (bicyclic) bond motifs is 3. The van der Waals surface area contributed by atoms with Gasteiger partial charge in [-0.15, -0.1) is 0 Å². The molecular formula is C19H18N4O2. The third-order valence-electron chi connectivity index (χ3n) is 4.28. The Hall–Kier alpha value is -3.15. The number of aryl methyl sites for hydroxylation is 1. The average molecular weight is 334 g/mol. The fourth-order valence-corrected chi connectivity index (χ4v) is 3.10. The maximum absolute atomic E-state index is 12.1. The Morgan fingerprint density at radius 3 is 2.92 bits per heavy atom. The molecule has 0 radical (unpaired) electrons. The molecule has 0 saturated heterocycles. The number of aromatic nitrogens is 3. The molecule has 2 aromatic heterocycles. The van der Waals surface area contributed by atoms with Crippen molar-refractivity contribution in [1.82, 2.24) is 15.2 Å². The summed E-state index contributed by atoms with van der Waals surface area (Å²) in [4.78, 5) is 16.6. The maximum atomic E-state index is 12.1. The molecule has 0 unspecified atom stereocenters. The number of hydrogen-bond donors (Lipinski definition) is 2. The van der Waals surface area contributed by atoms with E-state index in [1.807, 2.05) is 42.6 Å². The normalized spacial score (nSPS) is 12.2. The molecule has 0 fully saturated rings. The summed E-state index contributed by atoms with van der Waals surface area (Å²) in [6, 6.07) is 11.9. The van der Waals surface area contributed by atoms with Gasteiger partial charge in [0.2, 0.25) is 0 Å².